The fraction of sp³-hybridized carbons (Fsp3) is 0.372. The Bertz CT molecular complexity index is 5440. The summed E-state index contributed by atoms with van der Waals surface area (Å²) in [4.78, 5) is 114. The van der Waals surface area contributed by atoms with Crippen molar-refractivity contribution < 1.29 is 70.5 Å². The number of amides is 3. The van der Waals surface area contributed by atoms with Crippen LogP contribution in [-0.2, 0) is 33.5 Å². The zero-order valence-corrected chi connectivity index (χ0v) is 76.3. The molecule has 30 nitrogen and oxygen atoms in total. The first kappa shape index (κ1) is 96.2. The van der Waals surface area contributed by atoms with Gasteiger partial charge >= 0.3 is 24.2 Å². The number of likely N-dealkylation sites (N-methyl/N-ethyl adjacent to an activating group) is 1. The third kappa shape index (κ3) is 28.5. The predicted octanol–water partition coefficient (Wildman–Crippen LogP) is 20.3. The Morgan fingerprint density at radius 2 is 0.711 bits per heavy atom. The first-order chi connectivity index (χ1) is 60.8. The number of furan rings is 4. The number of Topliss-reactive ketones (excluding diaryl/α,β-unsaturated/α-hetero) is 3. The molecule has 9 N–H and O–H groups in total. The number of carboxylic acids is 1. The minimum Gasteiger partial charge on any atom is -0.476 e. The van der Waals surface area contributed by atoms with E-state index in [4.69, 9.17) is 48.5 Å². The Balaban J connectivity index is 0.000000159. The van der Waals surface area contributed by atoms with Gasteiger partial charge in [-0.1, -0.05) is 52.8 Å². The van der Waals surface area contributed by atoms with E-state index in [9.17, 15) is 33.6 Å². The molecule has 12 aromatic rings. The van der Waals surface area contributed by atoms with Gasteiger partial charge in [-0.2, -0.15) is 0 Å². The summed E-state index contributed by atoms with van der Waals surface area (Å²) in [7, 11) is 2.13. The van der Waals surface area contributed by atoms with Crippen LogP contribution in [0.2, 0.25) is 0 Å². The number of anilines is 9. The topological polar surface area (TPSA) is 388 Å². The fourth-order valence-electron chi connectivity index (χ4n) is 13.8. The monoisotopic (exact) mass is 1820 g/mol. The van der Waals surface area contributed by atoms with E-state index in [1.165, 1.54) is 83.9 Å². The standard InChI is InChI=1S/C25H29N3O4S.C24H28N4O4S.C20H22N4O2S.C15H18N2O3.C9H12N2O2S.CH4/c1-25(2,3)32-24(30)27-19-10-9-17(21-8-7-13-31-21)14-18(19)15-20(29)23-26-16-22(33-23)28-11-5-4-6-12-28;1-24(2,3)32-23(30)27-18-7-6-16(20-5-4-12-31-20)13-17(18)14-19(29)22-26-15-21(33-22)28-10-8-25-9-11-28;1-23-6-8-24(9-7-23)19-13-22-20(27-19)17(25)12-15-11-14(4-5-16(15)21)18-3-2-10-26-18;1-15(2,3)20-14(18)17-12-7-6-10(9-11(12)16)13-5-4-8-19-13;12-9(13)8-10-6-7(14-8)11-4-2-1-3-5-11;/h7-10,13-14,16H,4-6,11-12,15H2,1-3H3,(H,27,30);4-7,12-13,15,25H,8-11,14H2,1-3H3,(H,27,30);2-5,10-11,13H,6-9,12,21H2,1H3;4-9H,16H2,1-3H3,(H,17,18);6H,1-5H2,(H,12,13);1H4. The van der Waals surface area contributed by atoms with Gasteiger partial charge in [0, 0.05) is 137 Å². The smallest absolute Gasteiger partial charge is 0.412 e. The molecular formula is C94H113N15O15S4. The van der Waals surface area contributed by atoms with Crippen LogP contribution in [0.1, 0.15) is 164 Å². The summed E-state index contributed by atoms with van der Waals surface area (Å²) in [6, 6.07) is 36.5. The number of nitrogen functional groups attached to an aromatic ring is 2. The number of piperazine rings is 2. The van der Waals surface area contributed by atoms with Gasteiger partial charge in [0.05, 0.1) is 61.2 Å². The van der Waals surface area contributed by atoms with Crippen LogP contribution in [0.5, 0.6) is 0 Å². The number of piperidine rings is 2. The minimum absolute atomic E-state index is 0. The van der Waals surface area contributed by atoms with Crippen LogP contribution in [0.25, 0.3) is 45.3 Å². The highest BCUT2D eigenvalue weighted by Crippen LogP contribution is 2.36. The maximum Gasteiger partial charge on any atom is 0.412 e. The van der Waals surface area contributed by atoms with E-state index < -0.39 is 41.1 Å². The normalized spacial score (nSPS) is 14.1. The predicted molar refractivity (Wildman–Crippen MR) is 508 cm³/mol. The lowest BCUT2D eigenvalue weighted by atomic mass is 10.0. The van der Waals surface area contributed by atoms with E-state index in [1.54, 1.807) is 142 Å². The second-order valence-electron chi connectivity index (χ2n) is 33.5. The van der Waals surface area contributed by atoms with Crippen molar-refractivity contribution in [1.82, 2.24) is 30.2 Å². The molecule has 34 heteroatoms. The van der Waals surface area contributed by atoms with Gasteiger partial charge in [-0.25, -0.2) is 39.1 Å². The molecule has 4 aliphatic rings. The summed E-state index contributed by atoms with van der Waals surface area (Å²) < 4.78 is 37.7. The number of aromatic carboxylic acids is 1. The highest BCUT2D eigenvalue weighted by Gasteiger charge is 2.28. The Hall–Kier alpha value is -12.5. The number of benzene rings is 4. The van der Waals surface area contributed by atoms with E-state index in [2.05, 4.69) is 72.8 Å². The van der Waals surface area contributed by atoms with Gasteiger partial charge in [0.15, 0.2) is 32.4 Å². The molecule has 4 aliphatic heterocycles. The number of carboxylic acid groups (broad SMARTS) is 1. The number of nitrogens with zero attached hydrogens (tertiary/aromatic N) is 9. The van der Waals surface area contributed by atoms with Gasteiger partial charge in [-0.05, 0) is 246 Å². The molecule has 678 valence electrons. The van der Waals surface area contributed by atoms with Crippen molar-refractivity contribution in [3.05, 3.63) is 208 Å². The molecule has 0 bridgehead atoms. The van der Waals surface area contributed by atoms with E-state index in [1.807, 2.05) is 91.1 Å². The van der Waals surface area contributed by atoms with Crippen molar-refractivity contribution in [3.63, 3.8) is 0 Å². The zero-order chi connectivity index (χ0) is 90.4. The number of nitrogens with one attached hydrogen (secondary N) is 4. The van der Waals surface area contributed by atoms with E-state index >= 15 is 0 Å². The number of ether oxygens (including phenoxy) is 3. The van der Waals surface area contributed by atoms with Crippen molar-refractivity contribution in [2.45, 2.75) is 144 Å². The molecule has 0 unspecified atom stereocenters. The van der Waals surface area contributed by atoms with Crippen LogP contribution in [0, 0.1) is 0 Å². The van der Waals surface area contributed by atoms with Crippen molar-refractivity contribution in [2.75, 3.05) is 133 Å². The number of nitrogens with two attached hydrogens (primary N) is 2. The van der Waals surface area contributed by atoms with Crippen molar-refractivity contribution in [1.29, 1.82) is 0 Å². The lowest BCUT2D eigenvalue weighted by Gasteiger charge is -2.32. The summed E-state index contributed by atoms with van der Waals surface area (Å²) >= 11 is 5.56. The third-order valence-electron chi connectivity index (χ3n) is 20.0. The van der Waals surface area contributed by atoms with Crippen LogP contribution >= 0.6 is 45.3 Å². The second kappa shape index (κ2) is 44.8. The Kier molecular flexibility index (Phi) is 33.7. The molecule has 4 saturated heterocycles. The van der Waals surface area contributed by atoms with Gasteiger partial charge in [-0.3, -0.25) is 30.3 Å². The number of ketones is 3. The summed E-state index contributed by atoms with van der Waals surface area (Å²) in [5, 5.41) is 26.0. The van der Waals surface area contributed by atoms with E-state index in [0.717, 1.165) is 138 Å². The zero-order valence-electron chi connectivity index (χ0n) is 73.0. The SMILES string of the molecule is C.CC(C)(C)OC(=O)Nc1ccc(-c2ccco2)cc1CC(=O)c1ncc(N2CCCCC2)s1.CC(C)(C)OC(=O)Nc1ccc(-c2ccco2)cc1CC(=O)c1ncc(N2CCNCC2)s1.CC(C)(C)OC(=O)Nc1ccc(-c2ccco2)cc1N.CN1CCN(c2cnc(C(=O)Cc3cc(-c4ccco4)ccc3N)s2)CC1.O=C(O)c1ncc(N2CCCCC2)s1. The Labute approximate surface area is 761 Å². The van der Waals surface area contributed by atoms with Crippen molar-refractivity contribution in [2.24, 2.45) is 0 Å². The highest BCUT2D eigenvalue weighted by atomic mass is 32.1. The summed E-state index contributed by atoms with van der Waals surface area (Å²) in [5.41, 5.74) is 18.4. The molecule has 128 heavy (non-hydrogen) atoms. The van der Waals surface area contributed by atoms with Crippen LogP contribution in [-0.4, -0.2) is 174 Å². The third-order valence-corrected chi connectivity index (χ3v) is 24.4. The summed E-state index contributed by atoms with van der Waals surface area (Å²) in [6.07, 6.45) is 19.5. The minimum atomic E-state index is -0.932. The van der Waals surface area contributed by atoms with Gasteiger partial charge in [0.1, 0.15) is 59.8 Å². The van der Waals surface area contributed by atoms with Gasteiger partial charge in [0.2, 0.25) is 5.01 Å². The number of aromatic nitrogens is 4. The summed E-state index contributed by atoms with van der Waals surface area (Å²) in [5.74, 6) is 1.71. The van der Waals surface area contributed by atoms with Crippen LogP contribution in [0.3, 0.4) is 0 Å². The number of hydrogen-bond donors (Lipinski definition) is 7. The molecule has 4 aromatic carbocycles. The molecule has 0 aliphatic carbocycles. The Morgan fingerprint density at radius 1 is 0.398 bits per heavy atom. The largest absolute Gasteiger partial charge is 0.476 e. The van der Waals surface area contributed by atoms with E-state index in [0.29, 0.717) is 66.1 Å². The number of rotatable bonds is 21. The first-order valence-corrected chi connectivity index (χ1v) is 45.3. The quantitative estimate of drug-likeness (QED) is 0.0200. The van der Waals surface area contributed by atoms with Gasteiger partial charge < -0.3 is 78.3 Å². The lowest BCUT2D eigenvalue weighted by molar-refractivity contribution is 0.0624. The Morgan fingerprint density at radius 3 is 1.05 bits per heavy atom. The highest BCUT2D eigenvalue weighted by molar-refractivity contribution is 7.18. The number of thiazole rings is 4. The van der Waals surface area contributed by atoms with Crippen LogP contribution in [0.4, 0.5) is 62.8 Å². The van der Waals surface area contributed by atoms with Gasteiger partial charge in [0.25, 0.3) is 0 Å². The molecule has 4 fully saturated rings. The molecule has 16 rings (SSSR count). The average Bonchev–Trinajstić information content (AvgIpc) is 1.04. The molecule has 0 spiro atoms. The summed E-state index contributed by atoms with van der Waals surface area (Å²) in [6.45, 7) is 27.9. The van der Waals surface area contributed by atoms with Crippen molar-refractivity contribution in [3.8, 4) is 45.3 Å². The second-order valence-corrected chi connectivity index (χ2v) is 37.5. The maximum atomic E-state index is 13.1. The van der Waals surface area contributed by atoms with Crippen molar-refractivity contribution >= 4 is 135 Å². The molecule has 8 aromatic heterocycles. The van der Waals surface area contributed by atoms with Crippen LogP contribution < -0.4 is 52.3 Å². The molecule has 0 atom stereocenters. The maximum absolute atomic E-state index is 13.1. The number of carbonyl (C=O) groups excluding carboxylic acids is 6. The van der Waals surface area contributed by atoms with E-state index in [-0.39, 0.29) is 49.0 Å². The first-order valence-electron chi connectivity index (χ1n) is 42.0. The number of carbonyl (C=O) groups is 7. The molecule has 12 heterocycles. The average molecular weight is 1820 g/mol. The lowest BCUT2D eigenvalue weighted by Crippen LogP contribution is -2.44. The molecule has 3 amide bonds. The molecular weight excluding hydrogens is 1710 g/mol. The molecule has 0 radical (unpaired) electrons. The fourth-order valence-corrected chi connectivity index (χ4v) is 17.3. The van der Waals surface area contributed by atoms with Gasteiger partial charge in [-0.15, -0.1) is 0 Å². The number of hydrogen-bond acceptors (Lipinski definition) is 30. The van der Waals surface area contributed by atoms with Crippen LogP contribution in [0.15, 0.2) is 189 Å². The molecule has 0 saturated carbocycles.